The van der Waals surface area contributed by atoms with Gasteiger partial charge in [0.05, 0.1) is 19.2 Å². The molecule has 0 aromatic carbocycles. The SMILES string of the molecule is COC(=O)c1cc(C)sc1NC(=O)c1ccc(Cn2cccn2)o1. The first-order valence-corrected chi connectivity index (χ1v) is 7.94. The lowest BCUT2D eigenvalue weighted by molar-refractivity contribution is 0.0602. The second kappa shape index (κ2) is 6.71. The van der Waals surface area contributed by atoms with Crippen LogP contribution in [0.25, 0.3) is 0 Å². The van der Waals surface area contributed by atoms with E-state index in [9.17, 15) is 9.59 Å². The van der Waals surface area contributed by atoms with Crippen molar-refractivity contribution in [3.05, 3.63) is 58.6 Å². The van der Waals surface area contributed by atoms with E-state index in [1.165, 1.54) is 18.4 Å². The molecule has 24 heavy (non-hydrogen) atoms. The molecule has 7 nitrogen and oxygen atoms in total. The maximum absolute atomic E-state index is 12.3. The molecule has 0 atom stereocenters. The molecule has 124 valence electrons. The van der Waals surface area contributed by atoms with Crippen molar-refractivity contribution in [3.63, 3.8) is 0 Å². The fraction of sp³-hybridized carbons (Fsp3) is 0.188. The van der Waals surface area contributed by atoms with Gasteiger partial charge in [0.1, 0.15) is 10.8 Å². The lowest BCUT2D eigenvalue weighted by atomic mass is 10.3. The van der Waals surface area contributed by atoms with Crippen LogP contribution in [0.1, 0.15) is 31.6 Å². The van der Waals surface area contributed by atoms with E-state index in [0.717, 1.165) is 4.88 Å². The van der Waals surface area contributed by atoms with Crippen LogP contribution in [0.3, 0.4) is 0 Å². The minimum Gasteiger partial charge on any atom is -0.465 e. The Labute approximate surface area is 141 Å². The van der Waals surface area contributed by atoms with Crippen molar-refractivity contribution in [1.29, 1.82) is 0 Å². The second-order valence-corrected chi connectivity index (χ2v) is 6.27. The minimum absolute atomic E-state index is 0.166. The lowest BCUT2D eigenvalue weighted by Crippen LogP contribution is -2.13. The smallest absolute Gasteiger partial charge is 0.340 e. The molecule has 8 heteroatoms. The Kier molecular flexibility index (Phi) is 4.48. The van der Waals surface area contributed by atoms with Crippen molar-refractivity contribution >= 4 is 28.2 Å². The normalized spacial score (nSPS) is 10.6. The third-order valence-corrected chi connectivity index (χ3v) is 4.22. The summed E-state index contributed by atoms with van der Waals surface area (Å²) in [6, 6.07) is 6.80. The maximum Gasteiger partial charge on any atom is 0.340 e. The van der Waals surface area contributed by atoms with E-state index in [0.29, 0.717) is 22.9 Å². The van der Waals surface area contributed by atoms with Gasteiger partial charge in [0, 0.05) is 17.3 Å². The zero-order valence-corrected chi connectivity index (χ0v) is 13.9. The molecular formula is C16H15N3O4S. The molecule has 0 saturated carbocycles. The van der Waals surface area contributed by atoms with Gasteiger partial charge in [0.25, 0.3) is 5.91 Å². The Morgan fingerprint density at radius 2 is 2.25 bits per heavy atom. The van der Waals surface area contributed by atoms with E-state index in [1.54, 1.807) is 35.3 Å². The van der Waals surface area contributed by atoms with Gasteiger partial charge in [-0.15, -0.1) is 11.3 Å². The fourth-order valence-corrected chi connectivity index (χ4v) is 3.07. The zero-order valence-electron chi connectivity index (χ0n) is 13.1. The summed E-state index contributed by atoms with van der Waals surface area (Å²) in [5.41, 5.74) is 0.330. The molecule has 3 rings (SSSR count). The van der Waals surface area contributed by atoms with Crippen LogP contribution in [0.2, 0.25) is 0 Å². The highest BCUT2D eigenvalue weighted by Gasteiger charge is 2.19. The first-order chi connectivity index (χ1) is 11.6. The third kappa shape index (κ3) is 3.38. The summed E-state index contributed by atoms with van der Waals surface area (Å²) in [5, 5.41) is 7.22. The maximum atomic E-state index is 12.3. The van der Waals surface area contributed by atoms with Crippen LogP contribution < -0.4 is 5.32 Å². The number of furan rings is 1. The van der Waals surface area contributed by atoms with Gasteiger partial charge in [-0.05, 0) is 31.2 Å². The number of hydrogen-bond donors (Lipinski definition) is 1. The highest BCUT2D eigenvalue weighted by atomic mass is 32.1. The number of anilines is 1. The number of nitrogens with zero attached hydrogens (tertiary/aromatic N) is 2. The summed E-state index contributed by atoms with van der Waals surface area (Å²) in [6.45, 7) is 2.29. The van der Waals surface area contributed by atoms with Crippen molar-refractivity contribution in [2.45, 2.75) is 13.5 Å². The molecule has 0 saturated heterocycles. The Morgan fingerprint density at radius 1 is 1.42 bits per heavy atom. The molecule has 0 bridgehead atoms. The van der Waals surface area contributed by atoms with Gasteiger partial charge in [0.15, 0.2) is 5.76 Å². The van der Waals surface area contributed by atoms with Gasteiger partial charge in [-0.2, -0.15) is 5.10 Å². The Morgan fingerprint density at radius 3 is 2.96 bits per heavy atom. The topological polar surface area (TPSA) is 86.4 Å². The Hall–Kier alpha value is -2.87. The van der Waals surface area contributed by atoms with Crippen molar-refractivity contribution in [2.24, 2.45) is 0 Å². The largest absolute Gasteiger partial charge is 0.465 e. The number of aromatic nitrogens is 2. The Bertz CT molecular complexity index is 864. The number of carbonyl (C=O) groups is 2. The van der Waals surface area contributed by atoms with Gasteiger partial charge >= 0.3 is 5.97 Å². The highest BCUT2D eigenvalue weighted by molar-refractivity contribution is 7.16. The van der Waals surface area contributed by atoms with Crippen molar-refractivity contribution in [1.82, 2.24) is 9.78 Å². The number of aryl methyl sites for hydroxylation is 1. The first-order valence-electron chi connectivity index (χ1n) is 7.13. The van der Waals surface area contributed by atoms with Gasteiger partial charge < -0.3 is 14.5 Å². The summed E-state index contributed by atoms with van der Waals surface area (Å²) < 4.78 is 12.0. The van der Waals surface area contributed by atoms with E-state index in [1.807, 2.05) is 13.0 Å². The number of carbonyl (C=O) groups excluding carboxylic acids is 2. The van der Waals surface area contributed by atoms with Crippen LogP contribution in [0, 0.1) is 6.92 Å². The number of thiophene rings is 1. The van der Waals surface area contributed by atoms with Crippen LogP contribution >= 0.6 is 11.3 Å². The molecule has 0 unspecified atom stereocenters. The van der Waals surface area contributed by atoms with Gasteiger partial charge in [0.2, 0.25) is 0 Å². The van der Waals surface area contributed by atoms with E-state index < -0.39 is 11.9 Å². The standard InChI is InChI=1S/C16H15N3O4S/c1-10-8-12(16(21)22-2)15(24-10)18-14(20)13-5-4-11(23-13)9-19-7-3-6-17-19/h3-8H,9H2,1-2H3,(H,18,20). The predicted octanol–water partition coefficient (Wildman–Crippen LogP) is 2.93. The van der Waals surface area contributed by atoms with E-state index in [2.05, 4.69) is 10.4 Å². The average Bonchev–Trinajstić information content (AvgIpc) is 3.29. The van der Waals surface area contributed by atoms with E-state index in [4.69, 9.17) is 9.15 Å². The summed E-state index contributed by atoms with van der Waals surface area (Å²) in [5.74, 6) is -0.138. The van der Waals surface area contributed by atoms with Crippen LogP contribution in [-0.2, 0) is 11.3 Å². The van der Waals surface area contributed by atoms with Crippen molar-refractivity contribution < 1.29 is 18.7 Å². The second-order valence-electron chi connectivity index (χ2n) is 5.02. The molecule has 0 fully saturated rings. The number of amides is 1. The first kappa shape index (κ1) is 16.0. The Balaban J connectivity index is 1.74. The van der Waals surface area contributed by atoms with Crippen LogP contribution in [0.5, 0.6) is 0 Å². The number of rotatable bonds is 5. The molecule has 0 aliphatic rings. The summed E-state index contributed by atoms with van der Waals surface area (Å²) >= 11 is 1.30. The molecule has 0 aliphatic heterocycles. The van der Waals surface area contributed by atoms with Gasteiger partial charge in [-0.3, -0.25) is 9.48 Å². The third-order valence-electron chi connectivity index (χ3n) is 3.25. The fourth-order valence-electron chi connectivity index (χ4n) is 2.17. The predicted molar refractivity (Wildman–Crippen MR) is 88.4 cm³/mol. The van der Waals surface area contributed by atoms with Crippen LogP contribution in [0.15, 0.2) is 41.1 Å². The van der Waals surface area contributed by atoms with Crippen LogP contribution in [0.4, 0.5) is 5.00 Å². The summed E-state index contributed by atoms with van der Waals surface area (Å²) in [4.78, 5) is 25.0. The van der Waals surface area contributed by atoms with Crippen molar-refractivity contribution in [2.75, 3.05) is 12.4 Å². The molecule has 0 radical (unpaired) electrons. The number of hydrogen-bond acceptors (Lipinski definition) is 6. The van der Waals surface area contributed by atoms with Gasteiger partial charge in [-0.25, -0.2) is 4.79 Å². The molecule has 1 amide bonds. The van der Waals surface area contributed by atoms with Crippen LogP contribution in [-0.4, -0.2) is 28.8 Å². The monoisotopic (exact) mass is 345 g/mol. The number of ether oxygens (including phenoxy) is 1. The van der Waals surface area contributed by atoms with E-state index in [-0.39, 0.29) is 5.76 Å². The number of methoxy groups -OCH3 is 1. The number of esters is 1. The summed E-state index contributed by atoms with van der Waals surface area (Å²) in [6.07, 6.45) is 3.48. The molecular weight excluding hydrogens is 330 g/mol. The zero-order chi connectivity index (χ0) is 17.1. The molecule has 1 N–H and O–H groups in total. The minimum atomic E-state index is -0.492. The quantitative estimate of drug-likeness (QED) is 0.719. The molecule has 0 aliphatic carbocycles. The highest BCUT2D eigenvalue weighted by Crippen LogP contribution is 2.28. The van der Waals surface area contributed by atoms with Crippen molar-refractivity contribution in [3.8, 4) is 0 Å². The molecule has 3 heterocycles. The van der Waals surface area contributed by atoms with Gasteiger partial charge in [-0.1, -0.05) is 0 Å². The molecule has 0 spiro atoms. The van der Waals surface area contributed by atoms with E-state index >= 15 is 0 Å². The number of nitrogens with one attached hydrogen (secondary N) is 1. The average molecular weight is 345 g/mol. The molecule has 3 aromatic heterocycles. The summed E-state index contributed by atoms with van der Waals surface area (Å²) in [7, 11) is 1.30. The molecule has 3 aromatic rings. The lowest BCUT2D eigenvalue weighted by Gasteiger charge is -2.03.